The minimum Gasteiger partial charge on any atom is -0.479 e. The molecule has 86 valence electrons. The number of carboxylic acid groups (broad SMARTS) is 1. The molecule has 0 unspecified atom stereocenters. The molecule has 3 N–H and O–H groups in total. The third-order valence-electron chi connectivity index (χ3n) is 2.72. The molecule has 0 heterocycles. The van der Waals surface area contributed by atoms with Crippen molar-refractivity contribution in [3.63, 3.8) is 0 Å². The molecule has 1 aliphatic rings. The maximum Gasteiger partial charge on any atom is 0.332 e. The Morgan fingerprint density at radius 2 is 2.07 bits per heavy atom. The molecule has 0 aliphatic heterocycles. The first kappa shape index (κ1) is 12.0. The number of carboxylic acids is 1. The standard InChI is InChI=1S/C10H17NO4/c12-8(10(14)15)4-5-11-9(13)6-7-2-1-3-7/h7-8,12H,1-6H2,(H,11,13)(H,14,15)/t8-/m0/s1. The van der Waals surface area contributed by atoms with Crippen molar-refractivity contribution in [3.05, 3.63) is 0 Å². The van der Waals surface area contributed by atoms with Crippen LogP contribution in [0.25, 0.3) is 0 Å². The minimum atomic E-state index is -1.38. The molecule has 1 atom stereocenters. The SMILES string of the molecule is O=C(CC1CCC1)NCC[C@H](O)C(=O)O. The van der Waals surface area contributed by atoms with Gasteiger partial charge in [-0.25, -0.2) is 4.79 Å². The van der Waals surface area contributed by atoms with Crippen LogP contribution in [0, 0.1) is 5.92 Å². The number of carbonyl (C=O) groups excluding carboxylic acids is 1. The zero-order chi connectivity index (χ0) is 11.3. The van der Waals surface area contributed by atoms with E-state index in [2.05, 4.69) is 5.32 Å². The lowest BCUT2D eigenvalue weighted by Crippen LogP contribution is -2.32. The molecule has 0 radical (unpaired) electrons. The summed E-state index contributed by atoms with van der Waals surface area (Å²) in [4.78, 5) is 21.5. The number of carbonyl (C=O) groups is 2. The second-order valence-electron chi connectivity index (χ2n) is 3.99. The summed E-state index contributed by atoms with van der Waals surface area (Å²) in [5.41, 5.74) is 0. The zero-order valence-electron chi connectivity index (χ0n) is 8.61. The monoisotopic (exact) mass is 215 g/mol. The molecule has 5 heteroatoms. The van der Waals surface area contributed by atoms with Crippen molar-refractivity contribution in [1.82, 2.24) is 5.32 Å². The van der Waals surface area contributed by atoms with Crippen LogP contribution in [-0.2, 0) is 9.59 Å². The number of hydrogen-bond donors (Lipinski definition) is 3. The number of nitrogens with one attached hydrogen (secondary N) is 1. The highest BCUT2D eigenvalue weighted by Crippen LogP contribution is 2.28. The maximum absolute atomic E-state index is 11.3. The zero-order valence-corrected chi connectivity index (χ0v) is 8.61. The Bertz CT molecular complexity index is 238. The molecule has 1 rings (SSSR count). The molecule has 1 amide bonds. The lowest BCUT2D eigenvalue weighted by atomic mass is 9.83. The number of amides is 1. The normalized spacial score (nSPS) is 17.9. The van der Waals surface area contributed by atoms with Crippen LogP contribution in [0.1, 0.15) is 32.1 Å². The highest BCUT2D eigenvalue weighted by Gasteiger charge is 2.20. The van der Waals surface area contributed by atoms with Gasteiger partial charge in [0.1, 0.15) is 0 Å². The van der Waals surface area contributed by atoms with Gasteiger partial charge in [-0.1, -0.05) is 6.42 Å². The maximum atomic E-state index is 11.3. The Hall–Kier alpha value is -1.10. The van der Waals surface area contributed by atoms with E-state index in [1.54, 1.807) is 0 Å². The third-order valence-corrected chi connectivity index (χ3v) is 2.72. The second-order valence-corrected chi connectivity index (χ2v) is 3.99. The average Bonchev–Trinajstić information content (AvgIpc) is 2.11. The van der Waals surface area contributed by atoms with Gasteiger partial charge in [0.05, 0.1) is 0 Å². The third kappa shape index (κ3) is 4.29. The van der Waals surface area contributed by atoms with E-state index in [1.807, 2.05) is 0 Å². The molecule has 1 fully saturated rings. The summed E-state index contributed by atoms with van der Waals surface area (Å²) in [5, 5.41) is 19.9. The van der Waals surface area contributed by atoms with Crippen LogP contribution in [0.2, 0.25) is 0 Å². The number of aliphatic hydroxyl groups is 1. The lowest BCUT2D eigenvalue weighted by Gasteiger charge is -2.24. The minimum absolute atomic E-state index is 0.0442. The fraction of sp³-hybridized carbons (Fsp3) is 0.800. The quantitative estimate of drug-likeness (QED) is 0.587. The molecule has 0 saturated heterocycles. The van der Waals surface area contributed by atoms with Gasteiger partial charge in [0, 0.05) is 19.4 Å². The molecule has 0 aromatic rings. The predicted octanol–water partition coefficient (Wildman–Crippen LogP) is 0.128. The molecule has 5 nitrogen and oxygen atoms in total. The molecular weight excluding hydrogens is 198 g/mol. The Labute approximate surface area is 88.5 Å². The van der Waals surface area contributed by atoms with Gasteiger partial charge in [-0.2, -0.15) is 0 Å². The van der Waals surface area contributed by atoms with E-state index in [9.17, 15) is 9.59 Å². The summed E-state index contributed by atoms with van der Waals surface area (Å²) in [6, 6.07) is 0. The first-order chi connectivity index (χ1) is 7.09. The number of aliphatic carboxylic acids is 1. The molecule has 0 bridgehead atoms. The van der Waals surface area contributed by atoms with Crippen molar-refractivity contribution < 1.29 is 19.8 Å². The van der Waals surface area contributed by atoms with E-state index in [-0.39, 0.29) is 18.9 Å². The van der Waals surface area contributed by atoms with Crippen molar-refractivity contribution in [2.75, 3.05) is 6.54 Å². The average molecular weight is 215 g/mol. The van der Waals surface area contributed by atoms with Gasteiger partial charge in [0.25, 0.3) is 0 Å². The molecule has 1 aliphatic carbocycles. The van der Waals surface area contributed by atoms with Gasteiger partial charge < -0.3 is 15.5 Å². The van der Waals surface area contributed by atoms with Gasteiger partial charge >= 0.3 is 5.97 Å². The van der Waals surface area contributed by atoms with E-state index < -0.39 is 12.1 Å². The van der Waals surface area contributed by atoms with Gasteiger partial charge in [-0.3, -0.25) is 4.79 Å². The lowest BCUT2D eigenvalue weighted by molar-refractivity contribution is -0.147. The molecule has 0 spiro atoms. The summed E-state index contributed by atoms with van der Waals surface area (Å²) in [5.74, 6) is -0.782. The first-order valence-corrected chi connectivity index (χ1v) is 5.27. The van der Waals surface area contributed by atoms with Crippen LogP contribution in [0.3, 0.4) is 0 Å². The molecule has 0 aromatic carbocycles. The Morgan fingerprint density at radius 1 is 1.40 bits per heavy atom. The first-order valence-electron chi connectivity index (χ1n) is 5.27. The number of hydrogen-bond acceptors (Lipinski definition) is 3. The van der Waals surface area contributed by atoms with E-state index >= 15 is 0 Å². The van der Waals surface area contributed by atoms with E-state index in [0.717, 1.165) is 12.8 Å². The van der Waals surface area contributed by atoms with Crippen LogP contribution < -0.4 is 5.32 Å². The summed E-state index contributed by atoms with van der Waals surface area (Å²) < 4.78 is 0. The largest absolute Gasteiger partial charge is 0.479 e. The van der Waals surface area contributed by atoms with Crippen LogP contribution >= 0.6 is 0 Å². The summed E-state index contributed by atoms with van der Waals surface area (Å²) >= 11 is 0. The van der Waals surface area contributed by atoms with Crippen molar-refractivity contribution in [2.24, 2.45) is 5.92 Å². The van der Waals surface area contributed by atoms with Crippen molar-refractivity contribution in [1.29, 1.82) is 0 Å². The van der Waals surface area contributed by atoms with Crippen molar-refractivity contribution in [2.45, 2.75) is 38.2 Å². The number of rotatable bonds is 6. The van der Waals surface area contributed by atoms with E-state index in [4.69, 9.17) is 10.2 Å². The van der Waals surface area contributed by atoms with Crippen LogP contribution in [0.4, 0.5) is 0 Å². The van der Waals surface area contributed by atoms with Crippen LogP contribution in [-0.4, -0.2) is 34.7 Å². The highest BCUT2D eigenvalue weighted by atomic mass is 16.4. The molecule has 0 aromatic heterocycles. The second kappa shape index (κ2) is 5.70. The summed E-state index contributed by atoms with van der Waals surface area (Å²) in [6.45, 7) is 0.221. The van der Waals surface area contributed by atoms with E-state index in [0.29, 0.717) is 12.3 Å². The molecule has 15 heavy (non-hydrogen) atoms. The highest BCUT2D eigenvalue weighted by molar-refractivity contribution is 5.76. The Balaban J connectivity index is 2.03. The topological polar surface area (TPSA) is 86.6 Å². The fourth-order valence-corrected chi connectivity index (χ4v) is 1.50. The smallest absolute Gasteiger partial charge is 0.332 e. The Morgan fingerprint density at radius 3 is 2.53 bits per heavy atom. The van der Waals surface area contributed by atoms with Crippen molar-refractivity contribution >= 4 is 11.9 Å². The van der Waals surface area contributed by atoms with Crippen LogP contribution in [0.15, 0.2) is 0 Å². The summed E-state index contributed by atoms with van der Waals surface area (Å²) in [7, 11) is 0. The van der Waals surface area contributed by atoms with Gasteiger partial charge in [-0.15, -0.1) is 0 Å². The van der Waals surface area contributed by atoms with Gasteiger partial charge in [0.2, 0.25) is 5.91 Å². The Kier molecular flexibility index (Phi) is 4.55. The van der Waals surface area contributed by atoms with Crippen LogP contribution in [0.5, 0.6) is 0 Å². The van der Waals surface area contributed by atoms with Crippen molar-refractivity contribution in [3.8, 4) is 0 Å². The molecular formula is C10H17NO4. The van der Waals surface area contributed by atoms with Gasteiger partial charge in [-0.05, 0) is 18.8 Å². The summed E-state index contributed by atoms with van der Waals surface area (Å²) in [6.07, 6.45) is 2.65. The number of aliphatic hydroxyl groups excluding tert-OH is 1. The van der Waals surface area contributed by atoms with Gasteiger partial charge in [0.15, 0.2) is 6.10 Å². The molecule has 1 saturated carbocycles. The predicted molar refractivity (Wildman–Crippen MR) is 53.2 cm³/mol. The van der Waals surface area contributed by atoms with E-state index in [1.165, 1.54) is 6.42 Å². The fourth-order valence-electron chi connectivity index (χ4n) is 1.50.